The quantitative estimate of drug-likeness (QED) is 0.159. The lowest BCUT2D eigenvalue weighted by atomic mass is 9.95. The number of nitriles is 2. The van der Waals surface area contributed by atoms with E-state index in [2.05, 4.69) is 12.1 Å². The molecule has 12 rings (SSSR count). The van der Waals surface area contributed by atoms with Crippen LogP contribution in [0.3, 0.4) is 0 Å². The summed E-state index contributed by atoms with van der Waals surface area (Å²) in [7, 11) is 0. The first-order valence-electron chi connectivity index (χ1n) is 22.6. The van der Waals surface area contributed by atoms with Crippen molar-refractivity contribution >= 4 is 43.6 Å². The fourth-order valence-corrected chi connectivity index (χ4v) is 9.79. The van der Waals surface area contributed by atoms with Crippen LogP contribution in [0.25, 0.3) is 111 Å². The number of hydrogen-bond acceptors (Lipinski definition) is 4. The molecule has 0 N–H and O–H groups in total. The van der Waals surface area contributed by atoms with Crippen LogP contribution < -0.4 is 0 Å². The number of fused-ring (bicyclic) bond motifs is 6. The third kappa shape index (κ3) is 7.13. The Morgan fingerprint density at radius 1 is 0.371 bits per heavy atom. The Morgan fingerprint density at radius 3 is 1.34 bits per heavy atom. The molecule has 8 aromatic carbocycles. The van der Waals surface area contributed by atoms with Gasteiger partial charge in [-0.2, -0.15) is 23.7 Å². The molecule has 0 aliphatic carbocycles. The Balaban J connectivity index is 1.14. The summed E-state index contributed by atoms with van der Waals surface area (Å²) >= 11 is 0. The Morgan fingerprint density at radius 2 is 0.843 bits per heavy atom. The van der Waals surface area contributed by atoms with E-state index in [1.807, 2.05) is 191 Å². The van der Waals surface area contributed by atoms with E-state index in [4.69, 9.17) is 9.97 Å². The van der Waals surface area contributed by atoms with Gasteiger partial charge in [0, 0.05) is 49.4 Å². The minimum Gasteiger partial charge on any atom is -0.309 e. The third-order valence-corrected chi connectivity index (χ3v) is 13.0. The van der Waals surface area contributed by atoms with Crippen LogP contribution in [0.4, 0.5) is 13.2 Å². The van der Waals surface area contributed by atoms with Crippen LogP contribution in [0.5, 0.6) is 0 Å². The van der Waals surface area contributed by atoms with Gasteiger partial charge in [-0.15, -0.1) is 0 Å². The van der Waals surface area contributed by atoms with Gasteiger partial charge in [-0.05, 0) is 84.4 Å². The van der Waals surface area contributed by atoms with E-state index in [-0.39, 0.29) is 16.7 Å². The zero-order valence-corrected chi connectivity index (χ0v) is 37.0. The Kier molecular flexibility index (Phi) is 9.94. The molecular formula is C61H35F3N6. The summed E-state index contributed by atoms with van der Waals surface area (Å²) in [6.07, 6.45) is -4.75. The molecule has 4 heterocycles. The molecule has 0 fully saturated rings. The zero-order valence-electron chi connectivity index (χ0n) is 37.0. The van der Waals surface area contributed by atoms with E-state index >= 15 is 0 Å². The van der Waals surface area contributed by atoms with E-state index in [9.17, 15) is 23.7 Å². The average Bonchev–Trinajstić information content (AvgIpc) is 3.92. The number of para-hydroxylation sites is 2. The first kappa shape index (κ1) is 41.8. The fourth-order valence-electron chi connectivity index (χ4n) is 9.79. The van der Waals surface area contributed by atoms with E-state index in [1.54, 1.807) is 12.1 Å². The van der Waals surface area contributed by atoms with E-state index < -0.39 is 11.7 Å². The van der Waals surface area contributed by atoms with E-state index in [1.165, 1.54) is 6.07 Å². The highest BCUT2D eigenvalue weighted by molar-refractivity contribution is 6.12. The average molecular weight is 909 g/mol. The number of halogens is 3. The van der Waals surface area contributed by atoms with Gasteiger partial charge in [-0.25, -0.2) is 9.97 Å². The normalized spacial score (nSPS) is 11.6. The fraction of sp³-hybridized carbons (Fsp3) is 0.0164. The highest BCUT2D eigenvalue weighted by Crippen LogP contribution is 2.44. The van der Waals surface area contributed by atoms with Crippen LogP contribution in [0.15, 0.2) is 212 Å². The first-order chi connectivity index (χ1) is 34.2. The number of alkyl halides is 3. The van der Waals surface area contributed by atoms with Gasteiger partial charge >= 0.3 is 6.18 Å². The molecule has 6 nitrogen and oxygen atoms in total. The molecule has 9 heteroatoms. The zero-order chi connectivity index (χ0) is 47.5. The number of pyridine rings is 2. The monoisotopic (exact) mass is 908 g/mol. The molecule has 0 spiro atoms. The molecule has 4 aromatic heterocycles. The molecule has 0 atom stereocenters. The molecule has 330 valence electrons. The molecule has 12 aromatic rings. The van der Waals surface area contributed by atoms with Gasteiger partial charge < -0.3 is 9.13 Å². The summed E-state index contributed by atoms with van der Waals surface area (Å²) in [6, 6.07) is 71.1. The van der Waals surface area contributed by atoms with E-state index in [0.717, 1.165) is 101 Å². The van der Waals surface area contributed by atoms with Crippen molar-refractivity contribution in [3.63, 3.8) is 0 Å². The molecule has 0 bridgehead atoms. The Hall–Kier alpha value is -9.57. The summed E-state index contributed by atoms with van der Waals surface area (Å²) in [5, 5.41) is 25.2. The maximum atomic E-state index is 14.8. The summed E-state index contributed by atoms with van der Waals surface area (Å²) in [5.41, 5.74) is 10.4. The standard InChI is InChI=1S/C61H35F3N6/c62-61(63,64)45-30-38(36-65)29-43(31-45)50-35-57(69-55-23-9-7-17-46(55)48-27-25-41(32-58(48)69)53-21-11-19-51(67-53)39-13-3-1-4-14-39)44(37-66)34-60(50)70-56-24-10-8-18-47(56)49-28-26-42(33-59(49)70)54-22-12-20-52(68-54)40-15-5-2-6-16-40/h1-35H. The highest BCUT2D eigenvalue weighted by Gasteiger charge is 2.32. The van der Waals surface area contributed by atoms with Crippen molar-refractivity contribution in [3.8, 4) is 79.7 Å². The van der Waals surface area contributed by atoms with Gasteiger partial charge in [0.2, 0.25) is 0 Å². The van der Waals surface area contributed by atoms with Crippen molar-refractivity contribution < 1.29 is 13.2 Å². The number of benzene rings is 8. The molecule has 0 aliphatic rings. The number of aromatic nitrogens is 4. The summed E-state index contributed by atoms with van der Waals surface area (Å²) < 4.78 is 48.5. The van der Waals surface area contributed by atoms with Crippen molar-refractivity contribution in [2.75, 3.05) is 0 Å². The van der Waals surface area contributed by atoms with Gasteiger partial charge in [0.15, 0.2) is 0 Å². The molecule has 0 aliphatic heterocycles. The van der Waals surface area contributed by atoms with Crippen LogP contribution in [0.2, 0.25) is 0 Å². The summed E-state index contributed by atoms with van der Waals surface area (Å²) in [6.45, 7) is 0. The van der Waals surface area contributed by atoms with Crippen molar-refractivity contribution in [3.05, 3.63) is 229 Å². The predicted molar refractivity (Wildman–Crippen MR) is 272 cm³/mol. The van der Waals surface area contributed by atoms with Crippen LogP contribution in [0.1, 0.15) is 16.7 Å². The number of nitrogens with zero attached hydrogens (tertiary/aromatic N) is 6. The van der Waals surface area contributed by atoms with E-state index in [0.29, 0.717) is 16.9 Å². The summed E-state index contributed by atoms with van der Waals surface area (Å²) in [4.78, 5) is 10.1. The minimum atomic E-state index is -4.75. The molecule has 0 radical (unpaired) electrons. The first-order valence-corrected chi connectivity index (χ1v) is 22.6. The minimum absolute atomic E-state index is 0.151. The lowest BCUT2D eigenvalue weighted by Gasteiger charge is -2.20. The van der Waals surface area contributed by atoms with Crippen molar-refractivity contribution in [2.45, 2.75) is 6.18 Å². The van der Waals surface area contributed by atoms with Gasteiger partial charge in [0.1, 0.15) is 6.07 Å². The van der Waals surface area contributed by atoms with Crippen molar-refractivity contribution in [1.29, 1.82) is 10.5 Å². The molecule has 0 saturated heterocycles. The maximum absolute atomic E-state index is 14.8. The topological polar surface area (TPSA) is 83.2 Å². The van der Waals surface area contributed by atoms with Crippen molar-refractivity contribution in [2.24, 2.45) is 0 Å². The van der Waals surface area contributed by atoms with Crippen LogP contribution in [0, 0.1) is 22.7 Å². The SMILES string of the molecule is N#Cc1cc(-c2cc(-n3c4ccccc4c4ccc(-c5cccc(-c6ccccc6)n5)cc43)c(C#N)cc2-n2c3ccccc3c3ccc(-c4cccc(-c5ccccc5)n4)cc32)cc(C(F)(F)F)c1. The lowest BCUT2D eigenvalue weighted by molar-refractivity contribution is -0.137. The lowest BCUT2D eigenvalue weighted by Crippen LogP contribution is -2.07. The van der Waals surface area contributed by atoms with Crippen molar-refractivity contribution in [1.82, 2.24) is 19.1 Å². The Labute approximate surface area is 399 Å². The predicted octanol–water partition coefficient (Wildman–Crippen LogP) is 15.8. The van der Waals surface area contributed by atoms with Crippen LogP contribution in [-0.2, 0) is 6.18 Å². The molecule has 0 unspecified atom stereocenters. The largest absolute Gasteiger partial charge is 0.416 e. The number of rotatable bonds is 7. The third-order valence-electron chi connectivity index (χ3n) is 13.0. The molecular weight excluding hydrogens is 874 g/mol. The molecule has 70 heavy (non-hydrogen) atoms. The van der Waals surface area contributed by atoms with Gasteiger partial charge in [-0.1, -0.05) is 133 Å². The second-order valence-corrected chi connectivity index (χ2v) is 17.1. The maximum Gasteiger partial charge on any atom is 0.416 e. The van der Waals surface area contributed by atoms with Crippen LogP contribution in [-0.4, -0.2) is 19.1 Å². The second kappa shape index (κ2) is 16.6. The van der Waals surface area contributed by atoms with Crippen LogP contribution >= 0.6 is 0 Å². The molecule has 0 saturated carbocycles. The smallest absolute Gasteiger partial charge is 0.309 e. The number of hydrogen-bond donors (Lipinski definition) is 0. The second-order valence-electron chi connectivity index (χ2n) is 17.1. The van der Waals surface area contributed by atoms with Gasteiger partial charge in [0.25, 0.3) is 0 Å². The van der Waals surface area contributed by atoms with Gasteiger partial charge in [0.05, 0.1) is 79.0 Å². The van der Waals surface area contributed by atoms with Gasteiger partial charge in [-0.3, -0.25) is 0 Å². The highest BCUT2D eigenvalue weighted by atomic mass is 19.4. The Bertz CT molecular complexity index is 4140. The molecule has 0 amide bonds. The summed E-state index contributed by atoms with van der Waals surface area (Å²) in [5.74, 6) is 0.